The number of alkyl halides is 4. The van der Waals surface area contributed by atoms with Crippen LogP contribution in [0.5, 0.6) is 0 Å². The molecule has 0 saturated heterocycles. The fourth-order valence-electron chi connectivity index (χ4n) is 1.05. The van der Waals surface area contributed by atoms with Crippen molar-refractivity contribution in [2.24, 2.45) is 0 Å². The molecule has 1 aliphatic rings. The molecule has 1 saturated carbocycles. The predicted molar refractivity (Wildman–Crippen MR) is 47.6 cm³/mol. The minimum absolute atomic E-state index is 0.0345. The minimum Gasteiger partial charge on any atom is -0.121 e. The lowest BCUT2D eigenvalue weighted by atomic mass is 9.99. The first-order valence-corrected chi connectivity index (χ1v) is 4.80. The normalized spacial score (nSPS) is 39.6. The molecule has 0 heterocycles. The molecule has 0 bridgehead atoms. The first kappa shape index (κ1) is 9.25. The summed E-state index contributed by atoms with van der Waals surface area (Å²) < 4.78 is -0.641. The molecule has 1 fully saturated rings. The molecule has 0 spiro atoms. The van der Waals surface area contributed by atoms with E-state index in [1.54, 1.807) is 0 Å². The minimum atomic E-state index is -0.641. The number of hydrogen-bond acceptors (Lipinski definition) is 0. The summed E-state index contributed by atoms with van der Waals surface area (Å²) in [6.07, 6.45) is 2.14. The molecule has 1 aliphatic carbocycles. The lowest BCUT2D eigenvalue weighted by Gasteiger charge is -2.31. The van der Waals surface area contributed by atoms with Gasteiger partial charge in [0.05, 0.1) is 10.8 Å². The smallest absolute Gasteiger partial charge is 0.119 e. The average molecular weight is 222 g/mol. The second-order valence-electron chi connectivity index (χ2n) is 2.63. The Balaban J connectivity index is 2.49. The summed E-state index contributed by atoms with van der Waals surface area (Å²) in [6, 6.07) is 0. The van der Waals surface area contributed by atoms with E-state index in [0.717, 1.165) is 12.8 Å². The van der Waals surface area contributed by atoms with Gasteiger partial charge in [-0.05, 0) is 19.3 Å². The van der Waals surface area contributed by atoms with Crippen molar-refractivity contribution in [3.05, 3.63) is 0 Å². The van der Waals surface area contributed by atoms with Crippen LogP contribution in [-0.2, 0) is 0 Å². The van der Waals surface area contributed by atoms with Crippen LogP contribution in [-0.4, -0.2) is 15.1 Å². The maximum Gasteiger partial charge on any atom is 0.119 e. The van der Waals surface area contributed by atoms with Crippen LogP contribution in [0.1, 0.15) is 19.3 Å². The zero-order valence-corrected chi connectivity index (χ0v) is 8.31. The molecule has 0 aromatic carbocycles. The van der Waals surface area contributed by atoms with Crippen LogP contribution < -0.4 is 0 Å². The summed E-state index contributed by atoms with van der Waals surface area (Å²) in [4.78, 5) is 0. The van der Waals surface area contributed by atoms with Gasteiger partial charge < -0.3 is 0 Å². The third-order valence-electron chi connectivity index (χ3n) is 1.67. The van der Waals surface area contributed by atoms with Gasteiger partial charge in [0.1, 0.15) is 4.33 Å². The molecular weight excluding hydrogens is 214 g/mol. The molecule has 4 heteroatoms. The molecule has 0 aromatic heterocycles. The summed E-state index contributed by atoms with van der Waals surface area (Å²) in [5, 5.41) is -0.0438. The summed E-state index contributed by atoms with van der Waals surface area (Å²) in [5.74, 6) is 0. The standard InChI is InChI=1S/C6H8Cl4/c7-4-1-2-6(9,10)3-5(4)8/h4-5H,1-3H2/t4-,5-/m0/s1. The van der Waals surface area contributed by atoms with Gasteiger partial charge in [0.25, 0.3) is 0 Å². The van der Waals surface area contributed by atoms with E-state index >= 15 is 0 Å². The van der Waals surface area contributed by atoms with Crippen LogP contribution >= 0.6 is 46.4 Å². The Morgan fingerprint density at radius 3 is 2.10 bits per heavy atom. The highest BCUT2D eigenvalue weighted by atomic mass is 35.5. The Morgan fingerprint density at radius 2 is 1.70 bits per heavy atom. The highest BCUT2D eigenvalue weighted by molar-refractivity contribution is 6.49. The van der Waals surface area contributed by atoms with Crippen LogP contribution in [0, 0.1) is 0 Å². The van der Waals surface area contributed by atoms with E-state index < -0.39 is 4.33 Å². The molecule has 0 aromatic rings. The highest BCUT2D eigenvalue weighted by Crippen LogP contribution is 2.41. The van der Waals surface area contributed by atoms with E-state index in [-0.39, 0.29) is 10.8 Å². The molecule has 1 rings (SSSR count). The van der Waals surface area contributed by atoms with E-state index in [0.29, 0.717) is 6.42 Å². The van der Waals surface area contributed by atoms with Crippen molar-refractivity contribution in [3.8, 4) is 0 Å². The lowest BCUT2D eigenvalue weighted by molar-refractivity contribution is 0.491. The Hall–Kier alpha value is 1.16. The molecule has 0 N–H and O–H groups in total. The molecule has 0 aliphatic heterocycles. The second-order valence-corrected chi connectivity index (χ2v) is 5.39. The number of halogens is 4. The largest absolute Gasteiger partial charge is 0.121 e. The zero-order chi connectivity index (χ0) is 7.78. The van der Waals surface area contributed by atoms with Gasteiger partial charge >= 0.3 is 0 Å². The number of hydrogen-bond donors (Lipinski definition) is 0. The van der Waals surface area contributed by atoms with E-state index in [4.69, 9.17) is 46.4 Å². The average Bonchev–Trinajstić information content (AvgIpc) is 1.79. The molecule has 0 unspecified atom stereocenters. The Bertz CT molecular complexity index is 123. The van der Waals surface area contributed by atoms with Crippen molar-refractivity contribution in [2.45, 2.75) is 34.3 Å². The van der Waals surface area contributed by atoms with Crippen molar-refractivity contribution in [3.63, 3.8) is 0 Å². The van der Waals surface area contributed by atoms with E-state index in [2.05, 4.69) is 0 Å². The molecule has 0 nitrogen and oxygen atoms in total. The Kier molecular flexibility index (Phi) is 3.02. The second kappa shape index (κ2) is 3.26. The Labute approximate surface area is 80.8 Å². The fraction of sp³-hybridized carbons (Fsp3) is 1.00. The summed E-state index contributed by atoms with van der Waals surface area (Å²) in [6.45, 7) is 0. The van der Waals surface area contributed by atoms with Crippen LogP contribution in [0.15, 0.2) is 0 Å². The topological polar surface area (TPSA) is 0 Å². The molecule has 60 valence electrons. The third-order valence-corrected chi connectivity index (χ3v) is 3.47. The molecule has 0 amide bonds. The molecule has 2 atom stereocenters. The molecule has 10 heavy (non-hydrogen) atoms. The van der Waals surface area contributed by atoms with Crippen molar-refractivity contribution in [1.82, 2.24) is 0 Å². The van der Waals surface area contributed by atoms with Gasteiger partial charge in [-0.15, -0.1) is 46.4 Å². The molecule has 0 radical (unpaired) electrons. The van der Waals surface area contributed by atoms with Gasteiger partial charge in [0.2, 0.25) is 0 Å². The van der Waals surface area contributed by atoms with Crippen LogP contribution in [0.3, 0.4) is 0 Å². The van der Waals surface area contributed by atoms with Gasteiger partial charge in [-0.25, -0.2) is 0 Å². The van der Waals surface area contributed by atoms with Crippen molar-refractivity contribution in [1.29, 1.82) is 0 Å². The predicted octanol–water partition coefficient (Wildman–Crippen LogP) is 3.56. The lowest BCUT2D eigenvalue weighted by Crippen LogP contribution is -2.32. The van der Waals surface area contributed by atoms with Crippen molar-refractivity contribution in [2.75, 3.05) is 0 Å². The van der Waals surface area contributed by atoms with E-state index in [1.807, 2.05) is 0 Å². The maximum absolute atomic E-state index is 5.85. The van der Waals surface area contributed by atoms with Crippen molar-refractivity contribution < 1.29 is 0 Å². The van der Waals surface area contributed by atoms with Gasteiger partial charge in [0, 0.05) is 0 Å². The van der Waals surface area contributed by atoms with Crippen LogP contribution in [0.2, 0.25) is 0 Å². The van der Waals surface area contributed by atoms with Crippen LogP contribution in [0.25, 0.3) is 0 Å². The summed E-state index contributed by atoms with van der Waals surface area (Å²) >= 11 is 23.4. The molecular formula is C6H8Cl4. The zero-order valence-electron chi connectivity index (χ0n) is 5.29. The van der Waals surface area contributed by atoms with Gasteiger partial charge in [0.15, 0.2) is 0 Å². The first-order chi connectivity index (χ1) is 4.51. The third kappa shape index (κ3) is 2.34. The quantitative estimate of drug-likeness (QED) is 0.549. The van der Waals surface area contributed by atoms with E-state index in [9.17, 15) is 0 Å². The van der Waals surface area contributed by atoms with Gasteiger partial charge in [-0.3, -0.25) is 0 Å². The fourth-order valence-corrected chi connectivity index (χ4v) is 2.34. The van der Waals surface area contributed by atoms with E-state index in [1.165, 1.54) is 0 Å². The monoisotopic (exact) mass is 220 g/mol. The maximum atomic E-state index is 5.85. The summed E-state index contributed by atoms with van der Waals surface area (Å²) in [7, 11) is 0. The Morgan fingerprint density at radius 1 is 1.10 bits per heavy atom. The van der Waals surface area contributed by atoms with Crippen molar-refractivity contribution >= 4 is 46.4 Å². The summed E-state index contributed by atoms with van der Waals surface area (Å²) in [5.41, 5.74) is 0. The first-order valence-electron chi connectivity index (χ1n) is 3.17. The SMILES string of the molecule is Cl[C@H]1CCC(Cl)(Cl)C[C@@H]1Cl. The van der Waals surface area contributed by atoms with Gasteiger partial charge in [-0.1, -0.05) is 0 Å². The van der Waals surface area contributed by atoms with Crippen LogP contribution in [0.4, 0.5) is 0 Å². The van der Waals surface area contributed by atoms with Gasteiger partial charge in [-0.2, -0.15) is 0 Å². The highest BCUT2D eigenvalue weighted by Gasteiger charge is 2.36. The number of rotatable bonds is 0.